The van der Waals surface area contributed by atoms with Crippen LogP contribution < -0.4 is 5.56 Å². The number of carbonyl (C=O) groups excluding carboxylic acids is 1. The van der Waals surface area contributed by atoms with Crippen molar-refractivity contribution in [1.82, 2.24) is 9.55 Å². The largest absolute Gasteiger partial charge is 0.512 e. The number of hydrogen-bond acceptors (Lipinski definition) is 4. The van der Waals surface area contributed by atoms with Crippen LogP contribution in [0.1, 0.15) is 30.4 Å². The molecule has 0 bridgehead atoms. The summed E-state index contributed by atoms with van der Waals surface area (Å²) < 4.78 is 1.07. The molecule has 0 unspecified atom stereocenters. The summed E-state index contributed by atoms with van der Waals surface area (Å²) in [6.07, 6.45) is 0.617. The van der Waals surface area contributed by atoms with E-state index in [1.807, 2.05) is 0 Å². The zero-order chi connectivity index (χ0) is 13.6. The maximum absolute atomic E-state index is 12.3. The summed E-state index contributed by atoms with van der Waals surface area (Å²) in [6, 6.07) is 6.89. The van der Waals surface area contributed by atoms with Crippen molar-refractivity contribution in [1.29, 1.82) is 0 Å². The third-order valence-corrected chi connectivity index (χ3v) is 3.32. The predicted molar refractivity (Wildman–Crippen MR) is 71.1 cm³/mol. The standard InChI is InChI=1S/C14H12N2O3/c1-8(17)9-6-7-12(18)16-13(9)15-11-5-3-2-4-10(11)14(16)19/h2-5,17H,6-7H2,1H3/b9-8-. The van der Waals surface area contributed by atoms with Gasteiger partial charge >= 0.3 is 0 Å². The van der Waals surface area contributed by atoms with Gasteiger partial charge in [-0.25, -0.2) is 9.55 Å². The van der Waals surface area contributed by atoms with E-state index < -0.39 is 0 Å². The maximum Gasteiger partial charge on any atom is 0.268 e. The second-order valence-electron chi connectivity index (χ2n) is 4.55. The highest BCUT2D eigenvalue weighted by Crippen LogP contribution is 2.26. The second-order valence-corrected chi connectivity index (χ2v) is 4.55. The molecule has 19 heavy (non-hydrogen) atoms. The van der Waals surface area contributed by atoms with E-state index in [2.05, 4.69) is 4.98 Å². The molecule has 1 aliphatic rings. The Hall–Kier alpha value is -2.43. The summed E-state index contributed by atoms with van der Waals surface area (Å²) in [4.78, 5) is 28.6. The molecule has 1 aliphatic heterocycles. The molecule has 0 saturated heterocycles. The summed E-state index contributed by atoms with van der Waals surface area (Å²) in [5, 5.41) is 10.1. The van der Waals surface area contributed by atoms with Crippen molar-refractivity contribution in [2.75, 3.05) is 0 Å². The monoisotopic (exact) mass is 256 g/mol. The summed E-state index contributed by atoms with van der Waals surface area (Å²) in [5.41, 5.74) is 0.721. The number of hydrogen-bond donors (Lipinski definition) is 1. The van der Waals surface area contributed by atoms with Crippen LogP contribution in [-0.2, 0) is 0 Å². The SMILES string of the molecule is C/C(O)=C1\CCC(=O)n2c1nc1ccccc1c2=O. The van der Waals surface area contributed by atoms with Crippen LogP contribution in [0.2, 0.25) is 0 Å². The van der Waals surface area contributed by atoms with Crippen molar-refractivity contribution in [2.24, 2.45) is 0 Å². The number of aromatic nitrogens is 2. The third kappa shape index (κ3) is 1.66. The lowest BCUT2D eigenvalue weighted by molar-refractivity contribution is 0.0891. The number of rotatable bonds is 0. The number of benzene rings is 1. The quantitative estimate of drug-likeness (QED) is 0.733. The van der Waals surface area contributed by atoms with Gasteiger partial charge in [0.25, 0.3) is 5.56 Å². The Morgan fingerprint density at radius 3 is 2.74 bits per heavy atom. The summed E-state index contributed by atoms with van der Waals surface area (Å²) in [6.45, 7) is 1.54. The molecular formula is C14H12N2O3. The lowest BCUT2D eigenvalue weighted by atomic mass is 10.0. The average Bonchev–Trinajstić information content (AvgIpc) is 2.38. The van der Waals surface area contributed by atoms with Crippen LogP contribution in [0, 0.1) is 0 Å². The van der Waals surface area contributed by atoms with Gasteiger partial charge in [0, 0.05) is 12.0 Å². The number of aliphatic hydroxyl groups excluding tert-OH is 1. The van der Waals surface area contributed by atoms with Crippen LogP contribution in [0.4, 0.5) is 0 Å². The van der Waals surface area contributed by atoms with Gasteiger partial charge in [-0.1, -0.05) is 12.1 Å². The molecule has 0 spiro atoms. The first-order chi connectivity index (χ1) is 9.09. The van der Waals surface area contributed by atoms with E-state index in [1.165, 1.54) is 6.92 Å². The van der Waals surface area contributed by atoms with Gasteiger partial charge in [0.05, 0.1) is 16.7 Å². The molecule has 0 aliphatic carbocycles. The Bertz CT molecular complexity index is 783. The van der Waals surface area contributed by atoms with E-state index in [9.17, 15) is 14.7 Å². The lowest BCUT2D eigenvalue weighted by Gasteiger charge is -2.19. The zero-order valence-corrected chi connectivity index (χ0v) is 10.4. The van der Waals surface area contributed by atoms with Crippen LogP contribution in [-0.4, -0.2) is 20.6 Å². The average molecular weight is 256 g/mol. The van der Waals surface area contributed by atoms with Gasteiger partial charge in [-0.15, -0.1) is 0 Å². The minimum atomic E-state index is -0.371. The van der Waals surface area contributed by atoms with Gasteiger partial charge in [0.15, 0.2) is 0 Å². The minimum absolute atomic E-state index is 0.100. The van der Waals surface area contributed by atoms with Crippen LogP contribution in [0.15, 0.2) is 34.8 Å². The van der Waals surface area contributed by atoms with Gasteiger partial charge in [-0.05, 0) is 25.5 Å². The Kier molecular flexibility index (Phi) is 2.48. The van der Waals surface area contributed by atoms with E-state index >= 15 is 0 Å². The first-order valence-corrected chi connectivity index (χ1v) is 6.03. The van der Waals surface area contributed by atoms with Crippen LogP contribution in [0.25, 0.3) is 16.5 Å². The fourth-order valence-electron chi connectivity index (χ4n) is 2.36. The predicted octanol–water partition coefficient (Wildman–Crippen LogP) is 2.12. The lowest BCUT2D eigenvalue weighted by Crippen LogP contribution is -2.33. The number of para-hydroxylation sites is 1. The first-order valence-electron chi connectivity index (χ1n) is 6.03. The van der Waals surface area contributed by atoms with Crippen LogP contribution in [0.3, 0.4) is 0 Å². The molecule has 1 aromatic carbocycles. The second kappa shape index (κ2) is 4.05. The van der Waals surface area contributed by atoms with Crippen molar-refractivity contribution in [3.63, 3.8) is 0 Å². The molecule has 96 valence electrons. The molecular weight excluding hydrogens is 244 g/mol. The third-order valence-electron chi connectivity index (χ3n) is 3.32. The molecule has 0 radical (unpaired) electrons. The van der Waals surface area contributed by atoms with Crippen molar-refractivity contribution in [3.05, 3.63) is 46.2 Å². The highest BCUT2D eigenvalue weighted by molar-refractivity contribution is 5.91. The molecule has 5 heteroatoms. The summed E-state index contributed by atoms with van der Waals surface area (Å²) in [7, 11) is 0. The molecule has 1 aromatic heterocycles. The van der Waals surface area contributed by atoms with Crippen molar-refractivity contribution >= 4 is 22.4 Å². The van der Waals surface area contributed by atoms with E-state index in [0.29, 0.717) is 22.9 Å². The topological polar surface area (TPSA) is 72.2 Å². The molecule has 0 saturated carbocycles. The molecule has 2 heterocycles. The zero-order valence-electron chi connectivity index (χ0n) is 10.4. The van der Waals surface area contributed by atoms with Crippen molar-refractivity contribution in [3.8, 4) is 0 Å². The molecule has 0 fully saturated rings. The number of carbonyl (C=O) groups is 1. The normalized spacial score (nSPS) is 17.4. The van der Waals surface area contributed by atoms with Gasteiger partial charge in [-0.2, -0.15) is 0 Å². The van der Waals surface area contributed by atoms with Gasteiger partial charge < -0.3 is 5.11 Å². The van der Waals surface area contributed by atoms with E-state index in [1.54, 1.807) is 24.3 Å². The minimum Gasteiger partial charge on any atom is -0.512 e. The van der Waals surface area contributed by atoms with Crippen molar-refractivity contribution in [2.45, 2.75) is 19.8 Å². The molecule has 0 atom stereocenters. The van der Waals surface area contributed by atoms with Crippen LogP contribution >= 0.6 is 0 Å². The van der Waals surface area contributed by atoms with E-state index in [-0.39, 0.29) is 29.5 Å². The Labute approximate surface area is 108 Å². The summed E-state index contributed by atoms with van der Waals surface area (Å²) >= 11 is 0. The Morgan fingerprint density at radius 2 is 2.00 bits per heavy atom. The Balaban J connectivity index is 2.48. The van der Waals surface area contributed by atoms with Crippen molar-refractivity contribution < 1.29 is 9.90 Å². The van der Waals surface area contributed by atoms with Crippen LogP contribution in [0.5, 0.6) is 0 Å². The number of fused-ring (bicyclic) bond motifs is 2. The number of allylic oxidation sites excluding steroid dienone is 2. The smallest absolute Gasteiger partial charge is 0.268 e. The van der Waals surface area contributed by atoms with Gasteiger partial charge in [0.2, 0.25) is 5.91 Å². The fourth-order valence-corrected chi connectivity index (χ4v) is 2.36. The molecule has 1 N–H and O–H groups in total. The molecule has 3 rings (SSSR count). The van der Waals surface area contributed by atoms with Gasteiger partial charge in [0.1, 0.15) is 5.82 Å². The van der Waals surface area contributed by atoms with E-state index in [0.717, 1.165) is 4.57 Å². The first kappa shape index (κ1) is 11.6. The van der Waals surface area contributed by atoms with E-state index in [4.69, 9.17) is 0 Å². The molecule has 5 nitrogen and oxygen atoms in total. The number of aliphatic hydroxyl groups is 1. The summed E-state index contributed by atoms with van der Waals surface area (Å²) in [5.74, 6) is 0.0895. The Morgan fingerprint density at radius 1 is 1.26 bits per heavy atom. The maximum atomic E-state index is 12.3. The fraction of sp³-hybridized carbons (Fsp3) is 0.214. The molecule has 2 aromatic rings. The highest BCUT2D eigenvalue weighted by atomic mass is 16.3. The number of nitrogens with zero attached hydrogens (tertiary/aromatic N) is 2. The molecule has 0 amide bonds. The van der Waals surface area contributed by atoms with Gasteiger partial charge in [-0.3, -0.25) is 9.59 Å². The highest BCUT2D eigenvalue weighted by Gasteiger charge is 2.26.